The van der Waals surface area contributed by atoms with Crippen LogP contribution in [0.1, 0.15) is 61.1 Å². The lowest BCUT2D eigenvalue weighted by Gasteiger charge is -2.29. The van der Waals surface area contributed by atoms with E-state index < -0.39 is 29.6 Å². The third-order valence-corrected chi connectivity index (χ3v) is 7.30. The Morgan fingerprint density at radius 1 is 0.865 bits per heavy atom. The lowest BCUT2D eigenvalue weighted by atomic mass is 9.77. The van der Waals surface area contributed by atoms with Gasteiger partial charge < -0.3 is 9.47 Å². The van der Waals surface area contributed by atoms with Gasteiger partial charge in [0.15, 0.2) is 11.6 Å². The average molecular weight is 525 g/mol. The van der Waals surface area contributed by atoms with Gasteiger partial charge in [-0.1, -0.05) is 30.3 Å². The van der Waals surface area contributed by atoms with Crippen molar-refractivity contribution >= 4 is 10.8 Å². The summed E-state index contributed by atoms with van der Waals surface area (Å²) in [5.41, 5.74) is 1.69. The highest BCUT2D eigenvalue weighted by Gasteiger charge is 2.34. The molecule has 3 aromatic rings. The summed E-state index contributed by atoms with van der Waals surface area (Å²) in [4.78, 5) is 0. The fourth-order valence-corrected chi connectivity index (χ4v) is 5.35. The van der Waals surface area contributed by atoms with E-state index in [0.29, 0.717) is 16.9 Å². The number of aryl methyl sites for hydroxylation is 2. The molecule has 0 bridgehead atoms. The number of fused-ring (bicyclic) bond motifs is 1. The zero-order valence-corrected chi connectivity index (χ0v) is 20.6. The maximum absolute atomic E-state index is 15.2. The van der Waals surface area contributed by atoms with Crippen LogP contribution < -0.4 is 4.74 Å². The van der Waals surface area contributed by atoms with Crippen molar-refractivity contribution in [1.29, 1.82) is 0 Å². The molecule has 37 heavy (non-hydrogen) atoms. The number of rotatable bonds is 9. The molecule has 0 aromatic heterocycles. The Kier molecular flexibility index (Phi) is 8.67. The van der Waals surface area contributed by atoms with Gasteiger partial charge in [-0.15, -0.1) is 13.2 Å². The predicted octanol–water partition coefficient (Wildman–Crippen LogP) is 8.64. The first kappa shape index (κ1) is 27.3. The average Bonchev–Trinajstić information content (AvgIpc) is 2.86. The third kappa shape index (κ3) is 6.98. The standard InChI is InChI=1S/C29H30F6O2/c1-36-14-2-3-18-4-7-20(8-5-18)22-12-13-24-23(17-22)11-10-21(27(24)32)9-6-19-15-25(30)28(26(31)16-19)37-29(33,34)35/h10-13,15-18,20H,2-9,14H2,1H3. The van der Waals surface area contributed by atoms with Gasteiger partial charge >= 0.3 is 6.36 Å². The van der Waals surface area contributed by atoms with Gasteiger partial charge in [-0.25, -0.2) is 13.2 Å². The molecular weight excluding hydrogens is 494 g/mol. The largest absolute Gasteiger partial charge is 0.573 e. The van der Waals surface area contributed by atoms with Gasteiger partial charge in [0, 0.05) is 19.1 Å². The molecule has 0 heterocycles. The summed E-state index contributed by atoms with van der Waals surface area (Å²) >= 11 is 0. The van der Waals surface area contributed by atoms with Crippen molar-refractivity contribution in [1.82, 2.24) is 0 Å². The number of methoxy groups -OCH3 is 1. The second kappa shape index (κ2) is 11.8. The molecule has 3 aromatic carbocycles. The van der Waals surface area contributed by atoms with Gasteiger partial charge in [-0.05, 0) is 97.4 Å². The van der Waals surface area contributed by atoms with Crippen LogP contribution in [0.4, 0.5) is 26.3 Å². The van der Waals surface area contributed by atoms with E-state index in [0.717, 1.165) is 49.3 Å². The Balaban J connectivity index is 1.41. The van der Waals surface area contributed by atoms with Crippen molar-refractivity contribution in [3.63, 3.8) is 0 Å². The van der Waals surface area contributed by atoms with Crippen LogP contribution in [0.5, 0.6) is 5.75 Å². The van der Waals surface area contributed by atoms with Crippen LogP contribution in [0.2, 0.25) is 0 Å². The van der Waals surface area contributed by atoms with Crippen molar-refractivity contribution in [2.45, 2.75) is 63.6 Å². The summed E-state index contributed by atoms with van der Waals surface area (Å²) in [6, 6.07) is 10.9. The fourth-order valence-electron chi connectivity index (χ4n) is 5.35. The van der Waals surface area contributed by atoms with Gasteiger partial charge in [0.2, 0.25) is 5.75 Å². The monoisotopic (exact) mass is 524 g/mol. The summed E-state index contributed by atoms with van der Waals surface area (Å²) in [5.74, 6) is -3.61. The minimum Gasteiger partial charge on any atom is -0.399 e. The molecule has 200 valence electrons. The molecule has 0 saturated heterocycles. The Morgan fingerprint density at radius 3 is 2.22 bits per heavy atom. The molecule has 0 spiro atoms. The highest BCUT2D eigenvalue weighted by Crippen LogP contribution is 2.39. The molecule has 4 rings (SSSR count). The van der Waals surface area contributed by atoms with Crippen molar-refractivity contribution in [3.05, 3.63) is 76.6 Å². The molecule has 1 aliphatic carbocycles. The lowest BCUT2D eigenvalue weighted by molar-refractivity contribution is -0.276. The van der Waals surface area contributed by atoms with E-state index in [1.165, 1.54) is 24.8 Å². The zero-order valence-electron chi connectivity index (χ0n) is 20.6. The molecule has 1 fully saturated rings. The second-order valence-electron chi connectivity index (χ2n) is 9.81. The van der Waals surface area contributed by atoms with Crippen molar-refractivity contribution in [2.24, 2.45) is 5.92 Å². The lowest BCUT2D eigenvalue weighted by Crippen LogP contribution is -2.19. The molecule has 0 aliphatic heterocycles. The van der Waals surface area contributed by atoms with Gasteiger partial charge in [-0.3, -0.25) is 0 Å². The Morgan fingerprint density at radius 2 is 1.57 bits per heavy atom. The van der Waals surface area contributed by atoms with Gasteiger partial charge in [0.25, 0.3) is 0 Å². The Labute approximate surface area is 212 Å². The van der Waals surface area contributed by atoms with Crippen LogP contribution in [0.25, 0.3) is 10.8 Å². The van der Waals surface area contributed by atoms with E-state index in [-0.39, 0.29) is 18.4 Å². The first-order valence-electron chi connectivity index (χ1n) is 12.6. The Hall–Kier alpha value is -2.74. The summed E-state index contributed by atoms with van der Waals surface area (Å²) in [7, 11) is 1.73. The van der Waals surface area contributed by atoms with Crippen LogP contribution in [0, 0.1) is 23.4 Å². The van der Waals surface area contributed by atoms with E-state index in [9.17, 15) is 22.0 Å². The second-order valence-corrected chi connectivity index (χ2v) is 9.81. The normalized spacial score (nSPS) is 18.4. The van der Waals surface area contributed by atoms with Crippen molar-refractivity contribution < 1.29 is 35.8 Å². The summed E-state index contributed by atoms with van der Waals surface area (Å²) in [5, 5.41) is 1.27. The van der Waals surface area contributed by atoms with Gasteiger partial charge in [0.05, 0.1) is 0 Å². The molecule has 2 nitrogen and oxygen atoms in total. The topological polar surface area (TPSA) is 18.5 Å². The summed E-state index contributed by atoms with van der Waals surface area (Å²) < 4.78 is 88.8. The third-order valence-electron chi connectivity index (χ3n) is 7.30. The van der Waals surface area contributed by atoms with Crippen LogP contribution in [-0.4, -0.2) is 20.1 Å². The first-order chi connectivity index (χ1) is 17.6. The maximum atomic E-state index is 15.2. The predicted molar refractivity (Wildman–Crippen MR) is 130 cm³/mol. The van der Waals surface area contributed by atoms with E-state index >= 15 is 4.39 Å². The number of ether oxygens (including phenoxy) is 2. The minimum atomic E-state index is -5.21. The molecule has 8 heteroatoms. The number of hydrogen-bond acceptors (Lipinski definition) is 2. The van der Waals surface area contributed by atoms with Crippen LogP contribution in [0.15, 0.2) is 42.5 Å². The molecule has 1 aliphatic rings. The smallest absolute Gasteiger partial charge is 0.399 e. The highest BCUT2D eigenvalue weighted by molar-refractivity contribution is 5.84. The van der Waals surface area contributed by atoms with Crippen molar-refractivity contribution in [3.8, 4) is 5.75 Å². The molecular formula is C29H30F6O2. The molecule has 1 saturated carbocycles. The first-order valence-corrected chi connectivity index (χ1v) is 12.6. The minimum absolute atomic E-state index is 0.0499. The van der Waals surface area contributed by atoms with E-state index in [4.69, 9.17) is 4.74 Å². The molecule has 0 atom stereocenters. The Bertz CT molecular complexity index is 1190. The van der Waals surface area contributed by atoms with E-state index in [1.807, 2.05) is 18.2 Å². The van der Waals surface area contributed by atoms with Gasteiger partial charge in [0.1, 0.15) is 5.82 Å². The summed E-state index contributed by atoms with van der Waals surface area (Å²) in [6.45, 7) is 0.801. The molecule has 0 N–H and O–H groups in total. The van der Waals surface area contributed by atoms with Crippen LogP contribution in [0.3, 0.4) is 0 Å². The number of halogens is 6. The fraction of sp³-hybridized carbons (Fsp3) is 0.448. The number of alkyl halides is 3. The zero-order chi connectivity index (χ0) is 26.6. The van der Waals surface area contributed by atoms with Crippen LogP contribution in [-0.2, 0) is 17.6 Å². The van der Waals surface area contributed by atoms with Gasteiger partial charge in [-0.2, -0.15) is 0 Å². The summed E-state index contributed by atoms with van der Waals surface area (Å²) in [6.07, 6.45) is 1.85. The molecule has 0 amide bonds. The van der Waals surface area contributed by atoms with Crippen LogP contribution >= 0.6 is 0 Å². The SMILES string of the molecule is COCCCC1CCC(c2ccc3c(F)c(CCc4cc(F)c(OC(F)(F)F)c(F)c4)ccc3c2)CC1. The molecule has 0 unspecified atom stereocenters. The quantitative estimate of drug-likeness (QED) is 0.206. The van der Waals surface area contributed by atoms with E-state index in [2.05, 4.69) is 4.74 Å². The van der Waals surface area contributed by atoms with E-state index in [1.54, 1.807) is 19.2 Å². The maximum Gasteiger partial charge on any atom is 0.573 e. The highest BCUT2D eigenvalue weighted by atomic mass is 19.4. The molecule has 0 radical (unpaired) electrons. The van der Waals surface area contributed by atoms with Crippen molar-refractivity contribution in [2.75, 3.05) is 13.7 Å². The number of benzene rings is 3. The number of hydrogen-bond donors (Lipinski definition) is 0.